The monoisotopic (exact) mass is 407 g/mol. The van der Waals surface area contributed by atoms with Gasteiger partial charge in [0.2, 0.25) is 0 Å². The number of hydrogen-bond acceptors (Lipinski definition) is 3. The van der Waals surface area contributed by atoms with Gasteiger partial charge in [-0.1, -0.05) is 34.8 Å². The van der Waals surface area contributed by atoms with Gasteiger partial charge in [0, 0.05) is 5.56 Å². The van der Waals surface area contributed by atoms with Crippen molar-refractivity contribution in [2.75, 3.05) is 5.73 Å². The van der Waals surface area contributed by atoms with Crippen LogP contribution in [0.25, 0.3) is 5.69 Å². The van der Waals surface area contributed by atoms with Gasteiger partial charge in [0.25, 0.3) is 0 Å². The summed E-state index contributed by atoms with van der Waals surface area (Å²) in [5.41, 5.74) is 4.68. The zero-order chi connectivity index (χ0) is 17.5. The zero-order valence-electron chi connectivity index (χ0n) is 10.9. The molecule has 3 N–H and O–H groups in total. The van der Waals surface area contributed by atoms with Gasteiger partial charge in [-0.3, -0.25) is 0 Å². The van der Waals surface area contributed by atoms with Crippen molar-refractivity contribution < 1.29 is 21.9 Å². The maximum atomic E-state index is 12.7. The lowest BCUT2D eigenvalue weighted by Gasteiger charge is -2.13. The second kappa shape index (κ2) is 6.48. The molecule has 2 rings (SSSR count). The predicted octanol–water partition coefficient (Wildman–Crippen LogP) is 4.16. The average Bonchev–Trinajstić information content (AvgIpc) is 2.64. The van der Waals surface area contributed by atoms with E-state index in [0.29, 0.717) is 12.1 Å². The van der Waals surface area contributed by atoms with E-state index in [2.05, 4.69) is 5.10 Å². The van der Waals surface area contributed by atoms with Crippen molar-refractivity contribution in [2.45, 2.75) is 11.9 Å². The van der Waals surface area contributed by atoms with E-state index < -0.39 is 28.6 Å². The Hall–Kier alpha value is -1.00. The molecule has 0 aliphatic carbocycles. The summed E-state index contributed by atoms with van der Waals surface area (Å²) in [6, 6.07) is 1.34. The molecule has 1 aromatic heterocycles. The Morgan fingerprint density at radius 1 is 1.26 bits per heavy atom. The summed E-state index contributed by atoms with van der Waals surface area (Å²) in [4.78, 5) is 0. The van der Waals surface area contributed by atoms with E-state index in [9.17, 15) is 17.4 Å². The van der Waals surface area contributed by atoms with Crippen molar-refractivity contribution in [3.63, 3.8) is 0 Å². The molecule has 1 heterocycles. The van der Waals surface area contributed by atoms with Gasteiger partial charge in [0.1, 0.15) is 11.5 Å². The summed E-state index contributed by atoms with van der Waals surface area (Å²) in [5.74, 6) is -0.554. The molecular weight excluding hydrogens is 402 g/mol. The smallest absolute Gasteiger partial charge is 0.383 e. The summed E-state index contributed by atoms with van der Waals surface area (Å²) >= 11 is 15.3. The third-order valence-corrected chi connectivity index (χ3v) is 4.21. The van der Waals surface area contributed by atoms with E-state index >= 15 is 0 Å². The first-order chi connectivity index (χ1) is 10.5. The maximum absolute atomic E-state index is 12.7. The van der Waals surface area contributed by atoms with Crippen LogP contribution >= 0.6 is 34.8 Å². The van der Waals surface area contributed by atoms with E-state index in [1.807, 2.05) is 0 Å². The van der Waals surface area contributed by atoms with Crippen LogP contribution in [0.5, 0.6) is 0 Å². The van der Waals surface area contributed by atoms with E-state index in [4.69, 9.17) is 45.1 Å². The van der Waals surface area contributed by atoms with Crippen molar-refractivity contribution in [1.29, 1.82) is 0 Å². The second-order valence-electron chi connectivity index (χ2n) is 4.32. The molecule has 0 saturated heterocycles. The van der Waals surface area contributed by atoms with Crippen LogP contribution in [0.2, 0.25) is 15.2 Å². The molecular formula is C11H7Cl3F3N3O2S. The lowest BCUT2D eigenvalue weighted by atomic mass is 10.2. The minimum atomic E-state index is -4.63. The second-order valence-corrected chi connectivity index (χ2v) is 6.42. The fourth-order valence-electron chi connectivity index (χ4n) is 1.79. The SMILES string of the molecule is Nc1c(CS(=O)O)c(Cl)nn1-c1c(Cl)cc(C(F)(F)F)cc1Cl. The number of anilines is 1. The summed E-state index contributed by atoms with van der Waals surface area (Å²) in [6.07, 6.45) is -4.63. The standard InChI is InChI=1S/C11H7Cl3F3N3O2S/c12-6-1-4(11(15,16)17)2-7(13)8(6)20-10(18)5(3-23(21)22)9(14)19-20/h1-2H,3,18H2,(H,21,22). The number of hydrogen-bond donors (Lipinski definition) is 2. The summed E-state index contributed by atoms with van der Waals surface area (Å²) in [6.45, 7) is 0. The Morgan fingerprint density at radius 3 is 2.22 bits per heavy atom. The minimum absolute atomic E-state index is 0.0551. The normalized spacial score (nSPS) is 13.3. The van der Waals surface area contributed by atoms with Crippen LogP contribution in [0.3, 0.4) is 0 Å². The molecule has 0 spiro atoms. The number of nitrogen functional groups attached to an aromatic ring is 1. The van der Waals surface area contributed by atoms with Gasteiger partial charge >= 0.3 is 6.18 Å². The first-order valence-corrected chi connectivity index (χ1v) is 8.10. The first kappa shape index (κ1) is 18.3. The van der Waals surface area contributed by atoms with Crippen LogP contribution in [-0.2, 0) is 23.0 Å². The molecule has 5 nitrogen and oxygen atoms in total. The van der Waals surface area contributed by atoms with E-state index in [0.717, 1.165) is 4.68 Å². The van der Waals surface area contributed by atoms with Gasteiger partial charge in [-0.15, -0.1) is 0 Å². The van der Waals surface area contributed by atoms with Gasteiger partial charge in [-0.05, 0) is 12.1 Å². The zero-order valence-corrected chi connectivity index (χ0v) is 13.9. The van der Waals surface area contributed by atoms with Crippen LogP contribution in [0.1, 0.15) is 11.1 Å². The molecule has 0 saturated carbocycles. The Kier molecular flexibility index (Phi) is 5.17. The van der Waals surface area contributed by atoms with Crippen LogP contribution < -0.4 is 5.73 Å². The number of aromatic nitrogens is 2. The molecule has 0 aliphatic rings. The first-order valence-electron chi connectivity index (χ1n) is 5.69. The van der Waals surface area contributed by atoms with E-state index in [-0.39, 0.29) is 32.3 Å². The number of benzene rings is 1. The lowest BCUT2D eigenvalue weighted by Crippen LogP contribution is -2.09. The van der Waals surface area contributed by atoms with E-state index in [1.54, 1.807) is 0 Å². The molecule has 126 valence electrons. The van der Waals surface area contributed by atoms with Crippen LogP contribution in [0.15, 0.2) is 12.1 Å². The number of rotatable bonds is 3. The largest absolute Gasteiger partial charge is 0.416 e. The highest BCUT2D eigenvalue weighted by molar-refractivity contribution is 7.78. The average molecular weight is 409 g/mol. The van der Waals surface area contributed by atoms with Crippen LogP contribution in [0, 0.1) is 0 Å². The molecule has 0 bridgehead atoms. The van der Waals surface area contributed by atoms with Gasteiger partial charge in [-0.2, -0.15) is 18.3 Å². The number of alkyl halides is 3. The third-order valence-electron chi connectivity index (χ3n) is 2.80. The molecule has 1 unspecified atom stereocenters. The molecule has 0 aliphatic heterocycles. The van der Waals surface area contributed by atoms with Gasteiger partial charge in [0.05, 0.1) is 21.4 Å². The van der Waals surface area contributed by atoms with Crippen LogP contribution in [-0.4, -0.2) is 18.5 Å². The Morgan fingerprint density at radius 2 is 1.78 bits per heavy atom. The number of halogens is 6. The molecule has 0 amide bonds. The van der Waals surface area contributed by atoms with Crippen molar-refractivity contribution >= 4 is 51.7 Å². The van der Waals surface area contributed by atoms with Crippen molar-refractivity contribution in [3.05, 3.63) is 38.5 Å². The van der Waals surface area contributed by atoms with Gasteiger partial charge in [0.15, 0.2) is 16.2 Å². The van der Waals surface area contributed by atoms with Crippen molar-refractivity contribution in [2.24, 2.45) is 0 Å². The Labute approximate surface area is 145 Å². The molecule has 0 radical (unpaired) electrons. The minimum Gasteiger partial charge on any atom is -0.383 e. The molecule has 1 aromatic carbocycles. The Bertz CT molecular complexity index is 772. The van der Waals surface area contributed by atoms with Gasteiger partial charge in [-0.25, -0.2) is 8.89 Å². The summed E-state index contributed by atoms with van der Waals surface area (Å²) < 4.78 is 58.9. The molecule has 1 atom stereocenters. The predicted molar refractivity (Wildman–Crippen MR) is 82.5 cm³/mol. The quantitative estimate of drug-likeness (QED) is 0.748. The number of nitrogens with zero attached hydrogens (tertiary/aromatic N) is 2. The van der Waals surface area contributed by atoms with Crippen molar-refractivity contribution in [3.8, 4) is 5.69 Å². The summed E-state index contributed by atoms with van der Waals surface area (Å²) in [7, 11) is 0. The molecule has 23 heavy (non-hydrogen) atoms. The highest BCUT2D eigenvalue weighted by atomic mass is 35.5. The lowest BCUT2D eigenvalue weighted by molar-refractivity contribution is -0.137. The van der Waals surface area contributed by atoms with Crippen LogP contribution in [0.4, 0.5) is 19.0 Å². The van der Waals surface area contributed by atoms with E-state index in [1.165, 1.54) is 0 Å². The maximum Gasteiger partial charge on any atom is 0.416 e. The molecule has 2 aromatic rings. The summed E-state index contributed by atoms with van der Waals surface area (Å²) in [5, 5.41) is 2.92. The fraction of sp³-hybridized carbons (Fsp3) is 0.182. The highest BCUT2D eigenvalue weighted by Gasteiger charge is 2.32. The topological polar surface area (TPSA) is 81.1 Å². The molecule has 12 heteroatoms. The Balaban J connectivity index is 2.62. The molecule has 0 fully saturated rings. The van der Waals surface area contributed by atoms with Gasteiger partial charge < -0.3 is 10.3 Å². The highest BCUT2D eigenvalue weighted by Crippen LogP contribution is 2.39. The fourth-order valence-corrected chi connectivity index (χ4v) is 3.29. The third kappa shape index (κ3) is 3.74. The van der Waals surface area contributed by atoms with Crippen molar-refractivity contribution in [1.82, 2.24) is 9.78 Å². The number of nitrogens with two attached hydrogens (primary N) is 1.